The molecule has 2 aliphatic rings. The average molecular weight is 330 g/mol. The molecule has 0 spiro atoms. The molecule has 0 saturated carbocycles. The molecule has 2 aliphatic heterocycles. The molecule has 3 N–H and O–H groups in total. The van der Waals surface area contributed by atoms with E-state index in [1.807, 2.05) is 12.3 Å². The van der Waals surface area contributed by atoms with Crippen LogP contribution in [-0.4, -0.2) is 15.9 Å². The van der Waals surface area contributed by atoms with Gasteiger partial charge in [0.15, 0.2) is 0 Å². The summed E-state index contributed by atoms with van der Waals surface area (Å²) in [5.41, 5.74) is 6.84. The second-order valence-corrected chi connectivity index (χ2v) is 6.66. The van der Waals surface area contributed by atoms with Crippen molar-refractivity contribution in [2.75, 3.05) is 10.6 Å². The van der Waals surface area contributed by atoms with Crippen molar-refractivity contribution in [2.24, 2.45) is 0 Å². The van der Waals surface area contributed by atoms with Crippen molar-refractivity contribution in [1.82, 2.24) is 9.97 Å². The highest BCUT2D eigenvalue weighted by atomic mass is 16.1. The molecule has 0 saturated heterocycles. The number of nitrogens with one attached hydrogen (secondary N) is 3. The second-order valence-electron chi connectivity index (χ2n) is 6.66. The van der Waals surface area contributed by atoms with Crippen LogP contribution < -0.4 is 10.6 Å². The van der Waals surface area contributed by atoms with Gasteiger partial charge in [-0.25, -0.2) is 4.98 Å². The van der Waals surface area contributed by atoms with Gasteiger partial charge in [0, 0.05) is 35.9 Å². The zero-order chi connectivity index (χ0) is 16.8. The van der Waals surface area contributed by atoms with E-state index in [9.17, 15) is 4.79 Å². The molecule has 0 unspecified atom stereocenters. The first-order chi connectivity index (χ1) is 12.3. The number of para-hydroxylation sites is 1. The maximum atomic E-state index is 12.2. The Morgan fingerprint density at radius 3 is 2.72 bits per heavy atom. The molecule has 1 amide bonds. The van der Waals surface area contributed by atoms with Crippen molar-refractivity contribution >= 4 is 23.0 Å². The van der Waals surface area contributed by atoms with Crippen molar-refractivity contribution in [1.29, 1.82) is 0 Å². The molecule has 5 rings (SSSR count). The maximum absolute atomic E-state index is 12.2. The minimum Gasteiger partial charge on any atom is -0.355 e. The Morgan fingerprint density at radius 2 is 1.84 bits per heavy atom. The summed E-state index contributed by atoms with van der Waals surface area (Å²) in [6.45, 7) is 0. The number of fused-ring (bicyclic) bond motifs is 3. The lowest BCUT2D eigenvalue weighted by atomic mass is 9.87. The van der Waals surface area contributed by atoms with Crippen molar-refractivity contribution in [2.45, 2.75) is 25.2 Å². The number of nitrogens with zero attached hydrogens (tertiary/aromatic N) is 1. The normalized spacial score (nSPS) is 18.2. The van der Waals surface area contributed by atoms with Gasteiger partial charge in [0.25, 0.3) is 0 Å². The summed E-state index contributed by atoms with van der Waals surface area (Å²) in [6.07, 6.45) is 5.96. The van der Waals surface area contributed by atoms with E-state index in [1.165, 1.54) is 11.1 Å². The number of H-pyrrole nitrogens is 1. The lowest BCUT2D eigenvalue weighted by Crippen LogP contribution is -2.24. The first-order valence-electron chi connectivity index (χ1n) is 8.59. The van der Waals surface area contributed by atoms with Crippen molar-refractivity contribution in [3.63, 3.8) is 0 Å². The van der Waals surface area contributed by atoms with Gasteiger partial charge in [-0.05, 0) is 41.7 Å². The smallest absolute Gasteiger partial charge is 0.225 e. The molecule has 3 heterocycles. The lowest BCUT2D eigenvalue weighted by Gasteiger charge is -2.26. The van der Waals surface area contributed by atoms with Crippen LogP contribution in [-0.2, 0) is 17.6 Å². The number of carbonyl (C=O) groups excluding carboxylic acids is 1. The Hall–Kier alpha value is -3.08. The highest BCUT2D eigenvalue weighted by molar-refractivity contribution is 5.96. The zero-order valence-corrected chi connectivity index (χ0v) is 13.7. The molecule has 25 heavy (non-hydrogen) atoms. The van der Waals surface area contributed by atoms with E-state index in [0.717, 1.165) is 41.3 Å². The van der Waals surface area contributed by atoms with Gasteiger partial charge >= 0.3 is 0 Å². The fourth-order valence-corrected chi connectivity index (χ4v) is 3.87. The molecular formula is C20H18N4O. The van der Waals surface area contributed by atoms with Crippen LogP contribution in [0.5, 0.6) is 0 Å². The molecule has 1 atom stereocenters. The second kappa shape index (κ2) is 5.48. The molecular weight excluding hydrogens is 312 g/mol. The number of hydrogen-bond acceptors (Lipinski definition) is 3. The first kappa shape index (κ1) is 14.3. The molecule has 5 heteroatoms. The summed E-state index contributed by atoms with van der Waals surface area (Å²) < 4.78 is 0. The number of imidazole rings is 1. The number of amides is 1. The van der Waals surface area contributed by atoms with Gasteiger partial charge in [-0.2, -0.15) is 0 Å². The molecule has 0 radical (unpaired) electrons. The topological polar surface area (TPSA) is 69.8 Å². The number of benzene rings is 2. The number of aromatic nitrogens is 2. The van der Waals surface area contributed by atoms with E-state index in [-0.39, 0.29) is 11.8 Å². The molecule has 0 bridgehead atoms. The highest BCUT2D eigenvalue weighted by Crippen LogP contribution is 2.41. The van der Waals surface area contributed by atoms with Crippen molar-refractivity contribution in [3.05, 3.63) is 71.3 Å². The van der Waals surface area contributed by atoms with E-state index in [1.54, 1.807) is 6.20 Å². The third kappa shape index (κ3) is 2.39. The summed E-state index contributed by atoms with van der Waals surface area (Å²) in [5.74, 6) is 0.860. The number of anilines is 3. The summed E-state index contributed by atoms with van der Waals surface area (Å²) in [5, 5.41) is 6.57. The van der Waals surface area contributed by atoms with Crippen LogP contribution in [0.4, 0.5) is 17.1 Å². The Morgan fingerprint density at radius 1 is 0.960 bits per heavy atom. The highest BCUT2D eigenvalue weighted by Gasteiger charge is 2.29. The summed E-state index contributed by atoms with van der Waals surface area (Å²) in [4.78, 5) is 19.7. The predicted octanol–water partition coefficient (Wildman–Crippen LogP) is 3.73. The molecule has 5 nitrogen and oxygen atoms in total. The Balaban J connectivity index is 1.62. The zero-order valence-electron chi connectivity index (χ0n) is 13.7. The Kier molecular flexibility index (Phi) is 3.13. The van der Waals surface area contributed by atoms with Gasteiger partial charge < -0.3 is 15.6 Å². The van der Waals surface area contributed by atoms with E-state index < -0.39 is 0 Å². The summed E-state index contributed by atoms with van der Waals surface area (Å²) >= 11 is 0. The number of aryl methyl sites for hydroxylation is 2. The van der Waals surface area contributed by atoms with Crippen LogP contribution in [0, 0.1) is 0 Å². The SMILES string of the molecule is O=C1C[C@H](c2ncc[nH]2)c2cc3c(cc2N1)Nc1ccccc1CC3. The number of aromatic amines is 1. The molecule has 0 fully saturated rings. The molecule has 2 aromatic carbocycles. The van der Waals surface area contributed by atoms with Gasteiger partial charge in [0.2, 0.25) is 5.91 Å². The Labute approximate surface area is 145 Å². The van der Waals surface area contributed by atoms with Crippen LogP contribution in [0.15, 0.2) is 48.8 Å². The standard InChI is InChI=1S/C20H18N4O/c25-19-10-15(20-21-7-8-22-20)14-9-13-6-5-12-3-1-2-4-16(12)23-17(13)11-18(14)24-19/h1-4,7-9,11,15,23H,5-6,10H2,(H,21,22)(H,24,25)/t15-/m0/s1. The van der Waals surface area contributed by atoms with Gasteiger partial charge in [0.05, 0.1) is 5.92 Å². The predicted molar refractivity (Wildman–Crippen MR) is 97.3 cm³/mol. The first-order valence-corrected chi connectivity index (χ1v) is 8.59. The van der Waals surface area contributed by atoms with E-state index >= 15 is 0 Å². The number of rotatable bonds is 1. The van der Waals surface area contributed by atoms with Gasteiger partial charge in [-0.1, -0.05) is 24.3 Å². The van der Waals surface area contributed by atoms with Crippen LogP contribution >= 0.6 is 0 Å². The fraction of sp³-hybridized carbons (Fsp3) is 0.200. The van der Waals surface area contributed by atoms with Crippen LogP contribution in [0.1, 0.15) is 34.9 Å². The number of carbonyl (C=O) groups is 1. The third-order valence-electron chi connectivity index (χ3n) is 5.11. The molecule has 124 valence electrons. The molecule has 0 aliphatic carbocycles. The van der Waals surface area contributed by atoms with E-state index in [2.05, 4.69) is 50.9 Å². The quantitative estimate of drug-likeness (QED) is 0.637. The monoisotopic (exact) mass is 330 g/mol. The van der Waals surface area contributed by atoms with Crippen LogP contribution in [0.2, 0.25) is 0 Å². The molecule has 3 aromatic rings. The third-order valence-corrected chi connectivity index (χ3v) is 5.11. The van der Waals surface area contributed by atoms with Crippen molar-refractivity contribution < 1.29 is 4.79 Å². The molecule has 1 aromatic heterocycles. The minimum absolute atomic E-state index is 0.0188. The largest absolute Gasteiger partial charge is 0.355 e. The van der Waals surface area contributed by atoms with Gasteiger partial charge in [-0.15, -0.1) is 0 Å². The lowest BCUT2D eigenvalue weighted by molar-refractivity contribution is -0.116. The number of hydrogen-bond donors (Lipinski definition) is 3. The van der Waals surface area contributed by atoms with E-state index in [0.29, 0.717) is 6.42 Å². The summed E-state index contributed by atoms with van der Waals surface area (Å²) in [6, 6.07) is 12.7. The van der Waals surface area contributed by atoms with Crippen LogP contribution in [0.3, 0.4) is 0 Å². The van der Waals surface area contributed by atoms with Crippen molar-refractivity contribution in [3.8, 4) is 0 Å². The fourth-order valence-electron chi connectivity index (χ4n) is 3.87. The maximum Gasteiger partial charge on any atom is 0.225 e. The Bertz CT molecular complexity index is 962. The van der Waals surface area contributed by atoms with Gasteiger partial charge in [0.1, 0.15) is 5.82 Å². The minimum atomic E-state index is -0.0188. The average Bonchev–Trinajstić information content (AvgIpc) is 3.08. The van der Waals surface area contributed by atoms with Gasteiger partial charge in [-0.3, -0.25) is 4.79 Å². The van der Waals surface area contributed by atoms with Crippen LogP contribution in [0.25, 0.3) is 0 Å². The summed E-state index contributed by atoms with van der Waals surface area (Å²) in [7, 11) is 0. The van der Waals surface area contributed by atoms with E-state index in [4.69, 9.17) is 0 Å².